The summed E-state index contributed by atoms with van der Waals surface area (Å²) in [4.78, 5) is 5.26. The first-order chi connectivity index (χ1) is 15.0. The summed E-state index contributed by atoms with van der Waals surface area (Å²) in [5.41, 5.74) is 4.41. The van der Waals surface area contributed by atoms with E-state index in [2.05, 4.69) is 53.1 Å². The van der Waals surface area contributed by atoms with Gasteiger partial charge in [0, 0.05) is 26.2 Å². The van der Waals surface area contributed by atoms with Gasteiger partial charge >= 0.3 is 0 Å². The van der Waals surface area contributed by atoms with Crippen LogP contribution < -0.4 is 14.2 Å². The van der Waals surface area contributed by atoms with Crippen molar-refractivity contribution in [1.82, 2.24) is 9.80 Å². The Morgan fingerprint density at radius 3 is 2.13 bits per heavy atom. The van der Waals surface area contributed by atoms with Gasteiger partial charge in [-0.1, -0.05) is 29.8 Å². The predicted octanol–water partition coefficient (Wildman–Crippen LogP) is 4.51. The third-order valence-electron chi connectivity index (χ3n) is 6.88. The third-order valence-corrected chi connectivity index (χ3v) is 6.88. The van der Waals surface area contributed by atoms with Crippen LogP contribution in [0.2, 0.25) is 0 Å². The number of likely N-dealkylation sites (tertiary alicyclic amines) is 2. The molecule has 2 aromatic rings. The molecule has 2 aliphatic heterocycles. The molecule has 2 aromatic carbocycles. The summed E-state index contributed by atoms with van der Waals surface area (Å²) in [6.45, 7) is 8.88. The standard InChI is InChI=1S/C26H36N2O3/c1-20-7-5-8-21(13-20)16-27-11-6-9-26(18-27)10-12-28(19-26)17-22-14-23(29-2)25(31-4)24(15-22)30-3/h5,7-8,13-15H,6,9-12,16-19H2,1-4H3. The summed E-state index contributed by atoms with van der Waals surface area (Å²) in [6.07, 6.45) is 3.91. The molecular weight excluding hydrogens is 388 g/mol. The Labute approximate surface area is 186 Å². The highest BCUT2D eigenvalue weighted by Gasteiger charge is 2.41. The van der Waals surface area contributed by atoms with Gasteiger partial charge in [-0.3, -0.25) is 9.80 Å². The summed E-state index contributed by atoms with van der Waals surface area (Å²) in [6, 6.07) is 13.1. The highest BCUT2D eigenvalue weighted by Crippen LogP contribution is 2.42. The minimum Gasteiger partial charge on any atom is -0.493 e. The molecule has 2 heterocycles. The molecule has 0 saturated carbocycles. The van der Waals surface area contributed by atoms with Crippen molar-refractivity contribution < 1.29 is 14.2 Å². The van der Waals surface area contributed by atoms with Crippen LogP contribution in [-0.4, -0.2) is 57.3 Å². The highest BCUT2D eigenvalue weighted by atomic mass is 16.5. The zero-order chi connectivity index (χ0) is 21.8. The lowest BCUT2D eigenvalue weighted by Gasteiger charge is -2.40. The lowest BCUT2D eigenvalue weighted by atomic mass is 9.79. The van der Waals surface area contributed by atoms with Crippen LogP contribution in [0.15, 0.2) is 36.4 Å². The maximum Gasteiger partial charge on any atom is 0.203 e. The number of rotatable bonds is 7. The number of nitrogens with zero attached hydrogens (tertiary/aromatic N) is 2. The fourth-order valence-corrected chi connectivity index (χ4v) is 5.49. The number of ether oxygens (including phenoxy) is 3. The Kier molecular flexibility index (Phi) is 6.73. The van der Waals surface area contributed by atoms with E-state index >= 15 is 0 Å². The molecule has 168 valence electrons. The fraction of sp³-hybridized carbons (Fsp3) is 0.538. The maximum absolute atomic E-state index is 5.54. The van der Waals surface area contributed by atoms with E-state index in [1.54, 1.807) is 21.3 Å². The molecule has 0 radical (unpaired) electrons. The van der Waals surface area contributed by atoms with E-state index in [1.807, 2.05) is 0 Å². The number of benzene rings is 2. The van der Waals surface area contributed by atoms with Gasteiger partial charge in [-0.25, -0.2) is 0 Å². The molecule has 0 amide bonds. The molecule has 1 unspecified atom stereocenters. The summed E-state index contributed by atoms with van der Waals surface area (Å²) < 4.78 is 16.6. The first kappa shape index (κ1) is 22.0. The average molecular weight is 425 g/mol. The summed E-state index contributed by atoms with van der Waals surface area (Å²) in [5.74, 6) is 2.12. The second-order valence-corrected chi connectivity index (χ2v) is 9.30. The minimum atomic E-state index is 0.419. The molecule has 0 aliphatic carbocycles. The van der Waals surface area contributed by atoms with Crippen molar-refractivity contribution in [1.29, 1.82) is 0 Å². The summed E-state index contributed by atoms with van der Waals surface area (Å²) >= 11 is 0. The molecule has 5 heteroatoms. The quantitative estimate of drug-likeness (QED) is 0.653. The summed E-state index contributed by atoms with van der Waals surface area (Å²) in [7, 11) is 5.00. The van der Waals surface area contributed by atoms with Gasteiger partial charge in [-0.2, -0.15) is 0 Å². The Hall–Kier alpha value is -2.24. The molecule has 2 saturated heterocycles. The van der Waals surface area contributed by atoms with Crippen molar-refractivity contribution in [3.63, 3.8) is 0 Å². The van der Waals surface area contributed by atoms with Crippen LogP contribution in [0.1, 0.15) is 36.0 Å². The highest BCUT2D eigenvalue weighted by molar-refractivity contribution is 5.53. The molecule has 31 heavy (non-hydrogen) atoms. The summed E-state index contributed by atoms with van der Waals surface area (Å²) in [5, 5.41) is 0. The molecule has 1 atom stereocenters. The van der Waals surface area contributed by atoms with Gasteiger partial charge in [0.2, 0.25) is 5.75 Å². The van der Waals surface area contributed by atoms with Crippen molar-refractivity contribution in [3.05, 3.63) is 53.1 Å². The van der Waals surface area contributed by atoms with E-state index in [4.69, 9.17) is 14.2 Å². The number of hydrogen-bond donors (Lipinski definition) is 0. The second kappa shape index (κ2) is 9.49. The van der Waals surface area contributed by atoms with Crippen molar-refractivity contribution in [2.45, 2.75) is 39.3 Å². The van der Waals surface area contributed by atoms with E-state index in [-0.39, 0.29) is 0 Å². The van der Waals surface area contributed by atoms with Crippen LogP contribution in [0, 0.1) is 12.3 Å². The average Bonchev–Trinajstić information content (AvgIpc) is 3.14. The molecule has 2 fully saturated rings. The van der Waals surface area contributed by atoms with Crippen LogP contribution in [0.25, 0.3) is 0 Å². The lowest BCUT2D eigenvalue weighted by molar-refractivity contribution is 0.0866. The molecule has 1 spiro atoms. The van der Waals surface area contributed by atoms with E-state index in [9.17, 15) is 0 Å². The first-order valence-corrected chi connectivity index (χ1v) is 11.3. The van der Waals surface area contributed by atoms with Crippen LogP contribution in [-0.2, 0) is 13.1 Å². The van der Waals surface area contributed by atoms with Crippen molar-refractivity contribution >= 4 is 0 Å². The number of hydrogen-bond acceptors (Lipinski definition) is 5. The molecule has 5 nitrogen and oxygen atoms in total. The van der Waals surface area contributed by atoms with Crippen molar-refractivity contribution in [2.24, 2.45) is 5.41 Å². The van der Waals surface area contributed by atoms with Gasteiger partial charge in [0.05, 0.1) is 21.3 Å². The normalized spacial score (nSPS) is 22.1. The van der Waals surface area contributed by atoms with E-state index in [0.29, 0.717) is 11.2 Å². The van der Waals surface area contributed by atoms with Crippen LogP contribution in [0.5, 0.6) is 17.2 Å². The minimum absolute atomic E-state index is 0.419. The molecule has 2 aliphatic rings. The van der Waals surface area contributed by atoms with Gasteiger partial charge in [0.1, 0.15) is 0 Å². The third kappa shape index (κ3) is 4.99. The van der Waals surface area contributed by atoms with Crippen LogP contribution >= 0.6 is 0 Å². The Bertz CT molecular complexity index is 875. The number of aryl methyl sites for hydroxylation is 1. The Morgan fingerprint density at radius 1 is 0.806 bits per heavy atom. The van der Waals surface area contributed by atoms with Crippen LogP contribution in [0.4, 0.5) is 0 Å². The largest absolute Gasteiger partial charge is 0.493 e. The monoisotopic (exact) mass is 424 g/mol. The lowest BCUT2D eigenvalue weighted by Crippen LogP contribution is -2.44. The Morgan fingerprint density at radius 2 is 1.48 bits per heavy atom. The van der Waals surface area contributed by atoms with E-state index in [1.165, 1.54) is 49.0 Å². The van der Waals surface area contributed by atoms with E-state index < -0.39 is 0 Å². The van der Waals surface area contributed by atoms with Gasteiger partial charge < -0.3 is 14.2 Å². The second-order valence-electron chi connectivity index (χ2n) is 9.30. The number of methoxy groups -OCH3 is 3. The smallest absolute Gasteiger partial charge is 0.203 e. The van der Waals surface area contributed by atoms with E-state index in [0.717, 1.165) is 37.7 Å². The molecule has 4 rings (SSSR count). The molecule has 0 bridgehead atoms. The van der Waals surface area contributed by atoms with Crippen molar-refractivity contribution in [3.8, 4) is 17.2 Å². The first-order valence-electron chi connectivity index (χ1n) is 11.3. The Balaban J connectivity index is 1.41. The zero-order valence-corrected chi connectivity index (χ0v) is 19.4. The molecule has 0 N–H and O–H groups in total. The SMILES string of the molecule is COc1cc(CN2CCC3(CCCN(Cc4cccc(C)c4)C3)C2)cc(OC)c1OC. The van der Waals surface area contributed by atoms with Gasteiger partial charge in [0.15, 0.2) is 11.5 Å². The van der Waals surface area contributed by atoms with Gasteiger partial charge in [-0.15, -0.1) is 0 Å². The molecule has 0 aromatic heterocycles. The zero-order valence-electron chi connectivity index (χ0n) is 19.4. The van der Waals surface area contributed by atoms with Gasteiger partial charge in [0.25, 0.3) is 0 Å². The van der Waals surface area contributed by atoms with Gasteiger partial charge in [-0.05, 0) is 68.0 Å². The number of piperidine rings is 1. The maximum atomic E-state index is 5.54. The van der Waals surface area contributed by atoms with Crippen molar-refractivity contribution in [2.75, 3.05) is 47.5 Å². The predicted molar refractivity (Wildman–Crippen MR) is 124 cm³/mol. The topological polar surface area (TPSA) is 34.2 Å². The fourth-order valence-electron chi connectivity index (χ4n) is 5.49. The van der Waals surface area contributed by atoms with Crippen LogP contribution in [0.3, 0.4) is 0 Å². The molecular formula is C26H36N2O3.